The van der Waals surface area contributed by atoms with Crippen molar-refractivity contribution in [1.29, 1.82) is 0 Å². The van der Waals surface area contributed by atoms with Crippen LogP contribution in [0.1, 0.15) is 39.5 Å². The smallest absolute Gasteiger partial charge is 0.243 e. The molecule has 0 radical (unpaired) electrons. The average Bonchev–Trinajstić information content (AvgIpc) is 2.91. The zero-order valence-electron chi connectivity index (χ0n) is 12.4. The van der Waals surface area contributed by atoms with Gasteiger partial charge in [0.1, 0.15) is 6.04 Å². The van der Waals surface area contributed by atoms with E-state index in [1.165, 1.54) is 0 Å². The predicted octanol–water partition coefficient (Wildman–Crippen LogP) is 0.945. The van der Waals surface area contributed by atoms with Crippen molar-refractivity contribution in [2.45, 2.75) is 57.7 Å². The van der Waals surface area contributed by atoms with Gasteiger partial charge in [0, 0.05) is 24.3 Å². The van der Waals surface area contributed by atoms with Crippen molar-refractivity contribution >= 4 is 23.6 Å². The van der Waals surface area contributed by atoms with Gasteiger partial charge in [-0.15, -0.1) is 11.8 Å². The molecule has 2 rings (SSSR count). The summed E-state index contributed by atoms with van der Waals surface area (Å²) >= 11 is 1.66. The molecular formula is C14H25N3O2S. The van der Waals surface area contributed by atoms with Crippen LogP contribution in [0, 0.1) is 0 Å². The van der Waals surface area contributed by atoms with Crippen LogP contribution < -0.4 is 10.6 Å². The van der Waals surface area contributed by atoms with Crippen LogP contribution in [-0.4, -0.2) is 53.0 Å². The highest BCUT2D eigenvalue weighted by Crippen LogP contribution is 2.22. The summed E-state index contributed by atoms with van der Waals surface area (Å²) in [5, 5.41) is 6.51. The molecule has 0 bridgehead atoms. The number of hydrogen-bond donors (Lipinski definition) is 2. The molecule has 20 heavy (non-hydrogen) atoms. The molecule has 0 aliphatic carbocycles. The molecule has 2 amide bonds. The summed E-state index contributed by atoms with van der Waals surface area (Å²) in [4.78, 5) is 26.2. The molecule has 2 N–H and O–H groups in total. The van der Waals surface area contributed by atoms with Crippen molar-refractivity contribution in [1.82, 2.24) is 15.5 Å². The maximum atomic E-state index is 12.4. The van der Waals surface area contributed by atoms with Gasteiger partial charge in [-0.2, -0.15) is 0 Å². The Morgan fingerprint density at radius 1 is 1.45 bits per heavy atom. The lowest BCUT2D eigenvalue weighted by Crippen LogP contribution is -2.56. The largest absolute Gasteiger partial charge is 0.350 e. The van der Waals surface area contributed by atoms with Gasteiger partial charge in [-0.25, -0.2) is 0 Å². The highest BCUT2D eigenvalue weighted by atomic mass is 32.2. The minimum Gasteiger partial charge on any atom is -0.350 e. The number of carbonyl (C=O) groups excluding carboxylic acids is 2. The second-order valence-electron chi connectivity index (χ2n) is 5.63. The van der Waals surface area contributed by atoms with Gasteiger partial charge in [0.15, 0.2) is 0 Å². The summed E-state index contributed by atoms with van der Waals surface area (Å²) in [6.45, 7) is 5.12. The van der Waals surface area contributed by atoms with Gasteiger partial charge in [0.05, 0.1) is 5.88 Å². The van der Waals surface area contributed by atoms with Crippen LogP contribution >= 0.6 is 11.8 Å². The predicted molar refractivity (Wildman–Crippen MR) is 81.5 cm³/mol. The van der Waals surface area contributed by atoms with Gasteiger partial charge in [-0.1, -0.05) is 6.92 Å². The molecule has 0 aromatic heterocycles. The Morgan fingerprint density at radius 3 is 2.95 bits per heavy atom. The number of nitrogens with zero attached hydrogens (tertiary/aromatic N) is 1. The number of amides is 2. The molecule has 2 heterocycles. The molecule has 0 aromatic rings. The summed E-state index contributed by atoms with van der Waals surface area (Å²) in [6, 6.07) is 0.208. The number of hydrogen-bond acceptors (Lipinski definition) is 4. The Labute approximate surface area is 125 Å². The summed E-state index contributed by atoms with van der Waals surface area (Å²) in [5.41, 5.74) is 0. The van der Waals surface area contributed by atoms with E-state index in [1.54, 1.807) is 16.7 Å². The number of nitrogens with one attached hydrogen (secondary N) is 2. The Morgan fingerprint density at radius 2 is 2.25 bits per heavy atom. The fraction of sp³-hybridized carbons (Fsp3) is 0.857. The quantitative estimate of drug-likeness (QED) is 0.811. The van der Waals surface area contributed by atoms with Crippen LogP contribution in [0.2, 0.25) is 0 Å². The van der Waals surface area contributed by atoms with E-state index >= 15 is 0 Å². The van der Waals surface area contributed by atoms with E-state index in [9.17, 15) is 9.59 Å². The Hall–Kier alpha value is -0.750. The average molecular weight is 299 g/mol. The van der Waals surface area contributed by atoms with E-state index < -0.39 is 0 Å². The van der Waals surface area contributed by atoms with Crippen LogP contribution in [0.3, 0.4) is 0 Å². The summed E-state index contributed by atoms with van der Waals surface area (Å²) < 4.78 is 0. The van der Waals surface area contributed by atoms with Crippen LogP contribution in [0.15, 0.2) is 0 Å². The van der Waals surface area contributed by atoms with E-state index in [1.807, 2.05) is 6.92 Å². The molecule has 3 unspecified atom stereocenters. The minimum atomic E-state index is -0.284. The molecule has 5 nitrogen and oxygen atoms in total. The summed E-state index contributed by atoms with van der Waals surface area (Å²) in [6.07, 6.45) is 3.47. The van der Waals surface area contributed by atoms with Crippen LogP contribution in [0.25, 0.3) is 0 Å². The first kappa shape index (κ1) is 15.6. The number of thioether (sulfide) groups is 1. The third-order valence-corrected chi connectivity index (χ3v) is 5.07. The Bertz CT molecular complexity index is 364. The highest BCUT2D eigenvalue weighted by molar-refractivity contribution is 7.99. The van der Waals surface area contributed by atoms with Gasteiger partial charge in [0.2, 0.25) is 11.8 Å². The van der Waals surface area contributed by atoms with Gasteiger partial charge in [-0.3, -0.25) is 9.59 Å². The molecule has 6 heteroatoms. The standard InChI is InChI=1S/C14H25N3O2S/c1-3-5-13(18)17-9-20-8-12(17)14(19)16-11-6-4-7-15-10(11)2/h10-12,15H,3-9H2,1-2H3,(H,16,19). The number of carbonyl (C=O) groups is 2. The molecule has 2 fully saturated rings. The van der Waals surface area contributed by atoms with Crippen molar-refractivity contribution < 1.29 is 9.59 Å². The van der Waals surface area contributed by atoms with Crippen molar-refractivity contribution in [2.75, 3.05) is 18.2 Å². The zero-order chi connectivity index (χ0) is 14.5. The van der Waals surface area contributed by atoms with Gasteiger partial charge >= 0.3 is 0 Å². The Balaban J connectivity index is 1.92. The second-order valence-corrected chi connectivity index (χ2v) is 6.63. The molecular weight excluding hydrogens is 274 g/mol. The third kappa shape index (κ3) is 3.67. The van der Waals surface area contributed by atoms with Crippen molar-refractivity contribution in [3.05, 3.63) is 0 Å². The maximum Gasteiger partial charge on any atom is 0.243 e. The summed E-state index contributed by atoms with van der Waals surface area (Å²) in [5.74, 6) is 1.48. The van der Waals surface area contributed by atoms with Crippen molar-refractivity contribution in [3.8, 4) is 0 Å². The van der Waals surface area contributed by atoms with Crippen LogP contribution in [0.5, 0.6) is 0 Å². The SMILES string of the molecule is CCCC(=O)N1CSCC1C(=O)NC1CCCNC1C. The van der Waals surface area contributed by atoms with E-state index in [0.29, 0.717) is 18.3 Å². The van der Waals surface area contributed by atoms with Crippen molar-refractivity contribution in [3.63, 3.8) is 0 Å². The topological polar surface area (TPSA) is 61.4 Å². The van der Waals surface area contributed by atoms with Gasteiger partial charge in [0.25, 0.3) is 0 Å². The highest BCUT2D eigenvalue weighted by Gasteiger charge is 2.35. The molecule has 114 valence electrons. The lowest BCUT2D eigenvalue weighted by molar-refractivity contribution is -0.138. The normalized spacial score (nSPS) is 30.3. The fourth-order valence-electron chi connectivity index (χ4n) is 2.78. The molecule has 0 spiro atoms. The lowest BCUT2D eigenvalue weighted by atomic mass is 9.99. The second kappa shape index (κ2) is 7.31. The first-order valence-corrected chi connectivity index (χ1v) is 8.70. The number of piperidine rings is 1. The van der Waals surface area contributed by atoms with Crippen LogP contribution in [-0.2, 0) is 9.59 Å². The van der Waals surface area contributed by atoms with E-state index in [4.69, 9.17) is 0 Å². The number of rotatable bonds is 4. The lowest BCUT2D eigenvalue weighted by Gasteiger charge is -2.32. The van der Waals surface area contributed by atoms with E-state index in [0.717, 1.165) is 31.6 Å². The van der Waals surface area contributed by atoms with Gasteiger partial charge in [-0.05, 0) is 32.7 Å². The first-order chi connectivity index (χ1) is 9.63. The zero-order valence-corrected chi connectivity index (χ0v) is 13.2. The van der Waals surface area contributed by atoms with Crippen molar-refractivity contribution in [2.24, 2.45) is 0 Å². The third-order valence-electron chi connectivity index (χ3n) is 4.06. The summed E-state index contributed by atoms with van der Waals surface area (Å²) in [7, 11) is 0. The molecule has 0 saturated carbocycles. The molecule has 3 atom stereocenters. The molecule has 0 aromatic carbocycles. The maximum absolute atomic E-state index is 12.4. The van der Waals surface area contributed by atoms with E-state index in [-0.39, 0.29) is 23.9 Å². The molecule has 2 aliphatic rings. The molecule has 2 aliphatic heterocycles. The van der Waals surface area contributed by atoms with Gasteiger partial charge < -0.3 is 15.5 Å². The Kier molecular flexibility index (Phi) is 5.72. The fourth-order valence-corrected chi connectivity index (χ4v) is 3.96. The minimum absolute atomic E-state index is 0.0139. The monoisotopic (exact) mass is 299 g/mol. The van der Waals surface area contributed by atoms with Crippen LogP contribution in [0.4, 0.5) is 0 Å². The first-order valence-electron chi connectivity index (χ1n) is 7.54. The molecule has 2 saturated heterocycles. The van der Waals surface area contributed by atoms with E-state index in [2.05, 4.69) is 17.6 Å².